The second-order valence-corrected chi connectivity index (χ2v) is 6.31. The fourth-order valence-corrected chi connectivity index (χ4v) is 1.96. The number of aromatic nitrogens is 3. The fourth-order valence-electron chi connectivity index (χ4n) is 1.69. The predicted octanol–water partition coefficient (Wildman–Crippen LogP) is 3.93. The molecule has 2 rings (SSSR count). The number of ether oxygens (including phenoxy) is 1. The molecule has 0 unspecified atom stereocenters. The normalized spacial score (nSPS) is 12.3. The first-order chi connectivity index (χ1) is 10.4. The van der Waals surface area contributed by atoms with Crippen LogP contribution in [0.3, 0.4) is 0 Å². The molecule has 1 aromatic heterocycles. The van der Waals surface area contributed by atoms with Crippen LogP contribution >= 0.6 is 15.9 Å². The summed E-state index contributed by atoms with van der Waals surface area (Å²) >= 11 is 3.39. The molecule has 7 heteroatoms. The smallest absolute Gasteiger partial charge is 0.413 e. The Kier molecular flexibility index (Phi) is 5.18. The number of aryl methyl sites for hydroxylation is 1. The molecule has 1 aromatic carbocycles. The Morgan fingerprint density at radius 3 is 2.50 bits per heavy atom. The van der Waals surface area contributed by atoms with Crippen molar-refractivity contribution in [2.75, 3.05) is 5.32 Å². The van der Waals surface area contributed by atoms with Crippen LogP contribution in [0, 0.1) is 12.8 Å². The van der Waals surface area contributed by atoms with Gasteiger partial charge in [-0.05, 0) is 44.0 Å². The highest BCUT2D eigenvalue weighted by Crippen LogP contribution is 2.20. The third-order valence-corrected chi connectivity index (χ3v) is 3.89. The van der Waals surface area contributed by atoms with Crippen LogP contribution in [-0.4, -0.2) is 27.2 Å². The third kappa shape index (κ3) is 3.85. The molecule has 0 saturated heterocycles. The maximum atomic E-state index is 12.0. The number of hydrogen-bond acceptors (Lipinski definition) is 4. The van der Waals surface area contributed by atoms with E-state index in [1.165, 1.54) is 0 Å². The molecular formula is C15H19BrN4O2. The minimum absolute atomic E-state index is 0.169. The van der Waals surface area contributed by atoms with Crippen molar-refractivity contribution in [3.8, 4) is 5.69 Å². The van der Waals surface area contributed by atoms with E-state index in [2.05, 4.69) is 31.6 Å². The number of rotatable bonds is 4. The monoisotopic (exact) mass is 366 g/mol. The van der Waals surface area contributed by atoms with Crippen LogP contribution in [0.15, 0.2) is 28.7 Å². The number of nitrogens with zero attached hydrogens (tertiary/aromatic N) is 3. The molecule has 0 saturated carbocycles. The lowest BCUT2D eigenvalue weighted by Crippen LogP contribution is -2.25. The topological polar surface area (TPSA) is 69.0 Å². The zero-order valence-electron chi connectivity index (χ0n) is 13.0. The lowest BCUT2D eigenvalue weighted by Gasteiger charge is -2.17. The van der Waals surface area contributed by atoms with Crippen LogP contribution < -0.4 is 5.32 Å². The summed E-state index contributed by atoms with van der Waals surface area (Å²) in [6, 6.07) is 7.56. The van der Waals surface area contributed by atoms with Gasteiger partial charge in [-0.25, -0.2) is 4.79 Å². The van der Waals surface area contributed by atoms with Crippen LogP contribution in [0.2, 0.25) is 0 Å². The molecule has 0 fully saturated rings. The molecule has 22 heavy (non-hydrogen) atoms. The van der Waals surface area contributed by atoms with Gasteiger partial charge in [0.1, 0.15) is 11.8 Å². The molecule has 1 N–H and O–H groups in total. The van der Waals surface area contributed by atoms with Gasteiger partial charge in [0, 0.05) is 4.47 Å². The molecule has 0 radical (unpaired) electrons. The van der Waals surface area contributed by atoms with Gasteiger partial charge >= 0.3 is 6.09 Å². The summed E-state index contributed by atoms with van der Waals surface area (Å²) in [5.74, 6) is 0.754. The largest absolute Gasteiger partial charge is 0.446 e. The predicted molar refractivity (Wildman–Crippen MR) is 88.2 cm³/mol. The van der Waals surface area contributed by atoms with Crippen LogP contribution in [0.5, 0.6) is 0 Å². The van der Waals surface area contributed by atoms with E-state index in [1.54, 1.807) is 11.6 Å². The van der Waals surface area contributed by atoms with Gasteiger partial charge in [-0.2, -0.15) is 4.68 Å². The number of carbonyl (C=O) groups is 1. The molecule has 1 amide bonds. The molecule has 6 nitrogen and oxygen atoms in total. The molecule has 1 atom stereocenters. The number of anilines is 1. The van der Waals surface area contributed by atoms with Crippen molar-refractivity contribution in [3.05, 3.63) is 34.4 Å². The molecule has 0 bridgehead atoms. The molecule has 118 valence electrons. The Labute approximate surface area is 138 Å². The first kappa shape index (κ1) is 16.5. The summed E-state index contributed by atoms with van der Waals surface area (Å²) in [6.45, 7) is 7.64. The van der Waals surface area contributed by atoms with Crippen LogP contribution in [-0.2, 0) is 4.74 Å². The number of halogens is 1. The van der Waals surface area contributed by atoms with Crippen molar-refractivity contribution in [1.82, 2.24) is 15.0 Å². The summed E-state index contributed by atoms with van der Waals surface area (Å²) < 4.78 is 7.86. The van der Waals surface area contributed by atoms with E-state index >= 15 is 0 Å². The summed E-state index contributed by atoms with van der Waals surface area (Å²) in [5.41, 5.74) is 1.42. The Hall–Kier alpha value is -1.89. The molecule has 2 aromatic rings. The molecule has 1 heterocycles. The van der Waals surface area contributed by atoms with Gasteiger partial charge in [-0.3, -0.25) is 5.32 Å². The van der Waals surface area contributed by atoms with Crippen molar-refractivity contribution in [3.63, 3.8) is 0 Å². The summed E-state index contributed by atoms with van der Waals surface area (Å²) in [6.07, 6.45) is -0.678. The Morgan fingerprint density at radius 2 is 1.91 bits per heavy atom. The minimum Gasteiger partial charge on any atom is -0.446 e. The van der Waals surface area contributed by atoms with E-state index in [4.69, 9.17) is 4.74 Å². The minimum atomic E-state index is -0.509. The number of hydrogen-bond donors (Lipinski definition) is 1. The summed E-state index contributed by atoms with van der Waals surface area (Å²) in [7, 11) is 0. The molecule has 0 spiro atoms. The summed E-state index contributed by atoms with van der Waals surface area (Å²) in [4.78, 5) is 12.0. The molecule has 0 aliphatic heterocycles. The number of carbonyl (C=O) groups excluding carboxylic acids is 1. The molecular weight excluding hydrogens is 348 g/mol. The van der Waals surface area contributed by atoms with Gasteiger partial charge in [0.25, 0.3) is 0 Å². The Morgan fingerprint density at radius 1 is 1.27 bits per heavy atom. The van der Waals surface area contributed by atoms with Crippen molar-refractivity contribution >= 4 is 27.8 Å². The van der Waals surface area contributed by atoms with E-state index in [9.17, 15) is 4.79 Å². The van der Waals surface area contributed by atoms with Gasteiger partial charge in [-0.15, -0.1) is 5.10 Å². The standard InChI is InChI=1S/C15H19BrN4O2/c1-9(2)11(4)22-15(21)17-14-10(3)18-19-20(14)13-7-5-12(16)6-8-13/h5-9,11H,1-4H3,(H,17,21)/t11-/m1/s1. The highest BCUT2D eigenvalue weighted by atomic mass is 79.9. The summed E-state index contributed by atoms with van der Waals surface area (Å²) in [5, 5.41) is 10.8. The van der Waals surface area contributed by atoms with Gasteiger partial charge in [-0.1, -0.05) is 35.0 Å². The highest BCUT2D eigenvalue weighted by molar-refractivity contribution is 9.10. The van der Waals surface area contributed by atoms with Crippen LogP contribution in [0.25, 0.3) is 5.69 Å². The van der Waals surface area contributed by atoms with Gasteiger partial charge in [0.15, 0.2) is 5.82 Å². The number of nitrogens with one attached hydrogen (secondary N) is 1. The van der Waals surface area contributed by atoms with Crippen molar-refractivity contribution in [1.29, 1.82) is 0 Å². The second-order valence-electron chi connectivity index (χ2n) is 5.39. The Balaban J connectivity index is 2.19. The zero-order chi connectivity index (χ0) is 16.3. The average molecular weight is 367 g/mol. The zero-order valence-corrected chi connectivity index (χ0v) is 14.6. The Bertz CT molecular complexity index is 652. The molecule has 0 aliphatic carbocycles. The van der Waals surface area contributed by atoms with Gasteiger partial charge in [0.05, 0.1) is 5.69 Å². The lowest BCUT2D eigenvalue weighted by molar-refractivity contribution is 0.0939. The van der Waals surface area contributed by atoms with Crippen molar-refractivity contribution in [2.24, 2.45) is 5.92 Å². The second kappa shape index (κ2) is 6.91. The highest BCUT2D eigenvalue weighted by Gasteiger charge is 2.17. The van der Waals surface area contributed by atoms with E-state index in [0.717, 1.165) is 10.2 Å². The van der Waals surface area contributed by atoms with E-state index in [1.807, 2.05) is 45.0 Å². The quantitative estimate of drug-likeness (QED) is 0.889. The van der Waals surface area contributed by atoms with Crippen LogP contribution in [0.1, 0.15) is 26.5 Å². The van der Waals surface area contributed by atoms with Crippen molar-refractivity contribution < 1.29 is 9.53 Å². The maximum Gasteiger partial charge on any atom is 0.413 e. The SMILES string of the molecule is Cc1nnn(-c2ccc(Br)cc2)c1NC(=O)O[C@H](C)C(C)C. The fraction of sp³-hybridized carbons (Fsp3) is 0.400. The first-order valence-corrected chi connectivity index (χ1v) is 7.83. The number of amides is 1. The van der Waals surface area contributed by atoms with E-state index in [-0.39, 0.29) is 12.0 Å². The van der Waals surface area contributed by atoms with Crippen molar-refractivity contribution in [2.45, 2.75) is 33.8 Å². The van der Waals surface area contributed by atoms with Gasteiger partial charge in [0.2, 0.25) is 0 Å². The third-order valence-electron chi connectivity index (χ3n) is 3.36. The van der Waals surface area contributed by atoms with Gasteiger partial charge < -0.3 is 4.74 Å². The van der Waals surface area contributed by atoms with E-state index in [0.29, 0.717) is 11.5 Å². The average Bonchev–Trinajstić information content (AvgIpc) is 2.81. The maximum absolute atomic E-state index is 12.0. The first-order valence-electron chi connectivity index (χ1n) is 7.04. The van der Waals surface area contributed by atoms with E-state index < -0.39 is 6.09 Å². The molecule has 0 aliphatic rings. The van der Waals surface area contributed by atoms with Crippen LogP contribution in [0.4, 0.5) is 10.6 Å². The lowest BCUT2D eigenvalue weighted by atomic mass is 10.1. The number of benzene rings is 1.